The van der Waals surface area contributed by atoms with E-state index in [4.69, 9.17) is 5.11 Å². The van der Waals surface area contributed by atoms with E-state index in [2.05, 4.69) is 30.6 Å². The molecule has 7 nitrogen and oxygen atoms in total. The Balaban J connectivity index is 2.78. The van der Waals surface area contributed by atoms with Gasteiger partial charge in [0.2, 0.25) is 0 Å². The number of carbonyl (C=O) groups is 3. The third-order valence-electron chi connectivity index (χ3n) is 2.90. The van der Waals surface area contributed by atoms with Gasteiger partial charge in [0.1, 0.15) is 0 Å². The maximum absolute atomic E-state index is 12.0. The van der Waals surface area contributed by atoms with Crippen molar-refractivity contribution in [3.05, 3.63) is 35.9 Å². The molecule has 22 heavy (non-hydrogen) atoms. The fraction of sp³-hybridized carbons (Fsp3) is 0.357. The number of carboxylic acid groups (broad SMARTS) is 1. The van der Waals surface area contributed by atoms with Gasteiger partial charge in [-0.1, -0.05) is 0 Å². The summed E-state index contributed by atoms with van der Waals surface area (Å²) in [6.07, 6.45) is -0.190. The van der Waals surface area contributed by atoms with Gasteiger partial charge < -0.3 is 0 Å². The Morgan fingerprint density at radius 1 is 1.23 bits per heavy atom. The zero-order valence-corrected chi connectivity index (χ0v) is 13.0. The van der Waals surface area contributed by atoms with Gasteiger partial charge in [0.15, 0.2) is 0 Å². The summed E-state index contributed by atoms with van der Waals surface area (Å²) in [7, 11) is 1.22. The first kappa shape index (κ1) is 18.2. The van der Waals surface area contributed by atoms with Crippen LogP contribution in [-0.2, 0) is 41.8 Å². The van der Waals surface area contributed by atoms with E-state index in [1.807, 2.05) is 30.3 Å². The van der Waals surface area contributed by atoms with E-state index in [-0.39, 0.29) is 6.42 Å². The number of amides is 1. The van der Waals surface area contributed by atoms with Crippen LogP contribution in [0, 0.1) is 0 Å². The first-order valence-electron chi connectivity index (χ1n) is 6.46. The van der Waals surface area contributed by atoms with E-state index in [9.17, 15) is 14.4 Å². The molecule has 0 spiro atoms. The van der Waals surface area contributed by atoms with Crippen molar-refractivity contribution in [2.24, 2.45) is 0 Å². The molecule has 0 radical (unpaired) electrons. The van der Waals surface area contributed by atoms with Gasteiger partial charge in [-0.2, -0.15) is 0 Å². The van der Waals surface area contributed by atoms with Crippen LogP contribution in [0.25, 0.3) is 0 Å². The van der Waals surface area contributed by atoms with Crippen molar-refractivity contribution in [3.63, 3.8) is 0 Å². The number of hydrogen-bond acceptors (Lipinski definition) is 5. The van der Waals surface area contributed by atoms with Crippen LogP contribution in [0.5, 0.6) is 0 Å². The molecule has 2 atom stereocenters. The molecule has 0 heterocycles. The van der Waals surface area contributed by atoms with E-state index in [0.717, 1.165) is 5.56 Å². The SMILES string of the molecule is COC(=O)[C@H](Cc1ccccc1)NC(=O)[C@H](CC(=O)O)[NH][Fe]. The molecule has 0 bridgehead atoms. The second kappa shape index (κ2) is 9.19. The Morgan fingerprint density at radius 2 is 1.86 bits per heavy atom. The fourth-order valence-corrected chi connectivity index (χ4v) is 2.06. The molecule has 8 heteroatoms. The average Bonchev–Trinajstić information content (AvgIpc) is 2.51. The number of nitrogens with one attached hydrogen (secondary N) is 2. The summed E-state index contributed by atoms with van der Waals surface area (Å²) in [5.74, 6) is -2.37. The van der Waals surface area contributed by atoms with Crippen molar-refractivity contribution in [2.45, 2.75) is 24.9 Å². The quantitative estimate of drug-likeness (QED) is 0.443. The molecule has 1 rings (SSSR count). The summed E-state index contributed by atoms with van der Waals surface area (Å²) in [6, 6.07) is 7.18. The topological polar surface area (TPSA) is 105 Å². The predicted octanol–water partition coefficient (Wildman–Crippen LogP) is -0.218. The maximum atomic E-state index is 12.0. The van der Waals surface area contributed by atoms with Gasteiger partial charge in [-0.15, -0.1) is 0 Å². The Hall–Kier alpha value is -1.89. The molecule has 0 aliphatic carbocycles. The van der Waals surface area contributed by atoms with Gasteiger partial charge in [0, 0.05) is 0 Å². The summed E-state index contributed by atoms with van der Waals surface area (Å²) in [5, 5.41) is 11.2. The van der Waals surface area contributed by atoms with Crippen molar-refractivity contribution in [2.75, 3.05) is 7.11 Å². The molecule has 3 N–H and O–H groups in total. The standard InChI is InChI=1S/C14H17N2O5.Fe/c1-21-14(20)11(7-9-5-3-2-4-6-9)16-13(19)10(15)8-12(17)18;/h2-6,10-11,15H,7-8H2,1H3,(H,16,19)(H,17,18);/q-1;+1/t10-,11-;/m0./s1. The van der Waals surface area contributed by atoms with E-state index >= 15 is 0 Å². The monoisotopic (exact) mass is 349 g/mol. The molecular formula is C14H17FeN2O5. The van der Waals surface area contributed by atoms with E-state index in [1.54, 1.807) is 0 Å². The minimum atomic E-state index is -1.14. The number of aliphatic carboxylic acids is 1. The van der Waals surface area contributed by atoms with Crippen LogP contribution in [0.2, 0.25) is 0 Å². The van der Waals surface area contributed by atoms with Gasteiger partial charge in [-0.3, -0.25) is 0 Å². The van der Waals surface area contributed by atoms with Crippen LogP contribution in [0.1, 0.15) is 12.0 Å². The molecule has 1 amide bonds. The van der Waals surface area contributed by atoms with Gasteiger partial charge in [0.05, 0.1) is 0 Å². The Labute approximate surface area is 136 Å². The normalized spacial score (nSPS) is 13.0. The molecule has 0 unspecified atom stereocenters. The molecule has 1 aromatic carbocycles. The number of methoxy groups -OCH3 is 1. The molecule has 0 aliphatic rings. The second-order valence-corrected chi connectivity index (χ2v) is 4.85. The molecule has 0 saturated carbocycles. The van der Waals surface area contributed by atoms with Crippen LogP contribution in [0.3, 0.4) is 0 Å². The summed E-state index contributed by atoms with van der Waals surface area (Å²) in [5.41, 5.74) is 0.843. The van der Waals surface area contributed by atoms with Gasteiger partial charge in [0.25, 0.3) is 0 Å². The fourth-order valence-electron chi connectivity index (χ4n) is 1.81. The van der Waals surface area contributed by atoms with Crippen LogP contribution < -0.4 is 9.65 Å². The molecule has 0 saturated heterocycles. The van der Waals surface area contributed by atoms with Gasteiger partial charge >= 0.3 is 136 Å². The van der Waals surface area contributed by atoms with Crippen LogP contribution in [-0.4, -0.2) is 42.1 Å². The number of carboxylic acids is 1. The molecule has 0 fully saturated rings. The summed E-state index contributed by atoms with van der Waals surface area (Å²) < 4.78 is 7.04. The van der Waals surface area contributed by atoms with Crippen LogP contribution in [0.15, 0.2) is 30.3 Å². The number of esters is 1. The number of carbonyl (C=O) groups excluding carboxylic acids is 2. The third kappa shape index (κ3) is 5.85. The van der Waals surface area contributed by atoms with E-state index in [0.29, 0.717) is 0 Å². The van der Waals surface area contributed by atoms with Crippen molar-refractivity contribution in [3.8, 4) is 0 Å². The van der Waals surface area contributed by atoms with E-state index in [1.165, 1.54) is 7.11 Å². The third-order valence-corrected chi connectivity index (χ3v) is 3.29. The summed E-state index contributed by atoms with van der Waals surface area (Å²) in [6.45, 7) is 0. The second-order valence-electron chi connectivity index (χ2n) is 4.53. The Kier molecular flexibility index (Phi) is 7.59. The van der Waals surface area contributed by atoms with Crippen molar-refractivity contribution < 1.29 is 40.5 Å². The Bertz CT molecular complexity index is 523. The van der Waals surface area contributed by atoms with Crippen molar-refractivity contribution in [1.29, 1.82) is 0 Å². The number of ether oxygens (including phenoxy) is 1. The van der Waals surface area contributed by atoms with Crippen molar-refractivity contribution in [1.82, 2.24) is 9.65 Å². The molecule has 121 valence electrons. The van der Waals surface area contributed by atoms with Crippen LogP contribution in [0.4, 0.5) is 0 Å². The minimum absolute atomic E-state index is 0.246. The summed E-state index contributed by atoms with van der Waals surface area (Å²) >= 11 is 3.33. The van der Waals surface area contributed by atoms with Crippen LogP contribution >= 0.6 is 0 Å². The number of rotatable bonds is 8. The first-order valence-corrected chi connectivity index (χ1v) is 7.02. The zero-order valence-electron chi connectivity index (χ0n) is 11.9. The molecule has 0 aliphatic heterocycles. The number of benzene rings is 1. The van der Waals surface area contributed by atoms with Gasteiger partial charge in [-0.05, 0) is 0 Å². The van der Waals surface area contributed by atoms with Gasteiger partial charge in [-0.25, -0.2) is 0 Å². The van der Waals surface area contributed by atoms with E-state index < -0.39 is 36.4 Å². The van der Waals surface area contributed by atoms with Crippen molar-refractivity contribution >= 4 is 17.8 Å². The number of hydrogen-bond donors (Lipinski definition) is 3. The molecule has 0 aromatic heterocycles. The zero-order chi connectivity index (χ0) is 16.5. The predicted molar refractivity (Wildman–Crippen MR) is 73.3 cm³/mol. The molecule has 1 aromatic rings. The first-order chi connectivity index (χ1) is 10.5. The Morgan fingerprint density at radius 3 is 2.36 bits per heavy atom. The molecular weight excluding hydrogens is 332 g/mol. The average molecular weight is 349 g/mol. The summed E-state index contributed by atoms with van der Waals surface area (Å²) in [4.78, 5) is 34.5.